The molecule has 1 fully saturated rings. The molecule has 1 unspecified atom stereocenters. The maximum atomic E-state index is 12.1. The zero-order valence-corrected chi connectivity index (χ0v) is 11.1. The van der Waals surface area contributed by atoms with Crippen LogP contribution in [0.15, 0.2) is 29.4 Å². The van der Waals surface area contributed by atoms with Crippen LogP contribution in [0.1, 0.15) is 25.7 Å². The van der Waals surface area contributed by atoms with Crippen molar-refractivity contribution in [2.24, 2.45) is 5.41 Å². The van der Waals surface area contributed by atoms with Crippen LogP contribution in [0.4, 0.5) is 0 Å². The first-order valence-electron chi connectivity index (χ1n) is 6.06. The van der Waals surface area contributed by atoms with Gasteiger partial charge in [-0.15, -0.1) is 0 Å². The number of hydrogen-bond acceptors (Lipinski definition) is 5. The van der Waals surface area contributed by atoms with Gasteiger partial charge in [-0.3, -0.25) is 4.79 Å². The fraction of sp³-hybridized carbons (Fsp3) is 0.500. The second kappa shape index (κ2) is 4.94. The van der Waals surface area contributed by atoms with Crippen LogP contribution in [0.25, 0.3) is 0 Å². The van der Waals surface area contributed by atoms with Gasteiger partial charge in [-0.25, -0.2) is 4.79 Å². The predicted molar refractivity (Wildman–Crippen MR) is 65.7 cm³/mol. The third-order valence-corrected chi connectivity index (χ3v) is 3.63. The fourth-order valence-corrected chi connectivity index (χ4v) is 2.72. The molecule has 5 nitrogen and oxygen atoms in total. The second-order valence-corrected chi connectivity index (χ2v) is 4.61. The lowest BCUT2D eigenvalue weighted by atomic mass is 9.73. The molecule has 1 saturated heterocycles. The smallest absolute Gasteiger partial charge is 0.337 e. The minimum atomic E-state index is -0.920. The molecule has 0 bridgehead atoms. The summed E-state index contributed by atoms with van der Waals surface area (Å²) in [6, 6.07) is 0. The highest BCUT2D eigenvalue weighted by Crippen LogP contribution is 2.52. The molecule has 1 aliphatic carbocycles. The molecular formula is C14H16O5. The van der Waals surface area contributed by atoms with Crippen molar-refractivity contribution < 1.29 is 23.8 Å². The molecule has 1 aliphatic heterocycles. The van der Waals surface area contributed by atoms with Gasteiger partial charge in [0.05, 0.1) is 19.8 Å². The quantitative estimate of drug-likeness (QED) is 0.562. The number of carbonyl (C=O) groups is 2. The van der Waals surface area contributed by atoms with E-state index in [0.29, 0.717) is 42.8 Å². The first-order chi connectivity index (χ1) is 9.08. The molecule has 1 atom stereocenters. The highest BCUT2D eigenvalue weighted by molar-refractivity contribution is 5.92. The molecule has 1 heterocycles. The monoisotopic (exact) mass is 264 g/mol. The molecular weight excluding hydrogens is 248 g/mol. The van der Waals surface area contributed by atoms with Crippen molar-refractivity contribution in [3.63, 3.8) is 0 Å². The summed E-state index contributed by atoms with van der Waals surface area (Å²) in [6.07, 6.45) is 2.15. The Balaban J connectivity index is 2.58. The molecule has 0 aromatic heterocycles. The molecule has 0 aromatic rings. The second-order valence-electron chi connectivity index (χ2n) is 4.61. The largest absolute Gasteiger partial charge is 0.468 e. The summed E-state index contributed by atoms with van der Waals surface area (Å²) >= 11 is 0. The van der Waals surface area contributed by atoms with E-state index in [1.54, 1.807) is 0 Å². The molecule has 0 amide bonds. The van der Waals surface area contributed by atoms with E-state index >= 15 is 0 Å². The predicted octanol–water partition coefficient (Wildman–Crippen LogP) is 1.85. The van der Waals surface area contributed by atoms with Crippen LogP contribution in [0.5, 0.6) is 0 Å². The average molecular weight is 264 g/mol. The van der Waals surface area contributed by atoms with Gasteiger partial charge in [0.15, 0.2) is 0 Å². The molecule has 2 aliphatic rings. The fourth-order valence-electron chi connectivity index (χ4n) is 2.72. The SMILES string of the molecule is C=C=C1CC2(C(=O)OC)CCCC(C(=O)OC)=C2O1. The number of allylic oxidation sites excluding steroid dienone is 1. The van der Waals surface area contributed by atoms with Crippen molar-refractivity contribution in [3.8, 4) is 0 Å². The molecule has 0 aromatic carbocycles. The van der Waals surface area contributed by atoms with Crippen LogP contribution < -0.4 is 0 Å². The van der Waals surface area contributed by atoms with Gasteiger partial charge in [0, 0.05) is 6.42 Å². The van der Waals surface area contributed by atoms with Crippen molar-refractivity contribution in [3.05, 3.63) is 29.4 Å². The third kappa shape index (κ3) is 1.96. The number of ether oxygens (including phenoxy) is 3. The lowest BCUT2D eigenvalue weighted by Crippen LogP contribution is -2.35. The van der Waals surface area contributed by atoms with Gasteiger partial charge < -0.3 is 14.2 Å². The Hall–Kier alpha value is -2.00. The summed E-state index contributed by atoms with van der Waals surface area (Å²) in [5.41, 5.74) is 2.14. The van der Waals surface area contributed by atoms with Gasteiger partial charge in [0.2, 0.25) is 0 Å². The minimum absolute atomic E-state index is 0.332. The molecule has 5 heteroatoms. The number of carbonyl (C=O) groups excluding carboxylic acids is 2. The van der Waals surface area contributed by atoms with E-state index in [2.05, 4.69) is 12.3 Å². The van der Waals surface area contributed by atoms with E-state index < -0.39 is 17.4 Å². The molecule has 0 saturated carbocycles. The van der Waals surface area contributed by atoms with Crippen LogP contribution in [0.3, 0.4) is 0 Å². The lowest BCUT2D eigenvalue weighted by molar-refractivity contribution is -0.151. The number of methoxy groups -OCH3 is 2. The number of fused-ring (bicyclic) bond motifs is 1. The Bertz CT molecular complexity index is 510. The van der Waals surface area contributed by atoms with Gasteiger partial charge in [-0.1, -0.05) is 12.3 Å². The first kappa shape index (κ1) is 13.4. The molecule has 102 valence electrons. The van der Waals surface area contributed by atoms with Gasteiger partial charge in [0.25, 0.3) is 0 Å². The summed E-state index contributed by atoms with van der Waals surface area (Å²) in [4.78, 5) is 23.9. The van der Waals surface area contributed by atoms with Crippen LogP contribution in [-0.2, 0) is 23.8 Å². The number of esters is 2. The van der Waals surface area contributed by atoms with E-state index in [1.165, 1.54) is 14.2 Å². The Kier molecular flexibility index (Phi) is 3.49. The molecule has 0 spiro atoms. The zero-order chi connectivity index (χ0) is 14.0. The van der Waals surface area contributed by atoms with Gasteiger partial charge >= 0.3 is 11.9 Å². The molecule has 19 heavy (non-hydrogen) atoms. The number of hydrogen-bond donors (Lipinski definition) is 0. The highest BCUT2D eigenvalue weighted by Gasteiger charge is 2.54. The summed E-state index contributed by atoms with van der Waals surface area (Å²) in [7, 11) is 2.64. The standard InChI is InChI=1S/C14H16O5/c1-4-9-8-14(13(16)18-3)7-5-6-10(11(14)19-9)12(15)17-2/h1,5-8H2,2-3H3. The average Bonchev–Trinajstić information content (AvgIpc) is 2.85. The van der Waals surface area contributed by atoms with Crippen LogP contribution in [0, 0.1) is 5.41 Å². The Morgan fingerprint density at radius 1 is 1.37 bits per heavy atom. The van der Waals surface area contributed by atoms with Gasteiger partial charge in [-0.05, 0) is 19.3 Å². The van der Waals surface area contributed by atoms with E-state index in [9.17, 15) is 9.59 Å². The Morgan fingerprint density at radius 3 is 2.68 bits per heavy atom. The van der Waals surface area contributed by atoms with Crippen LogP contribution in [-0.4, -0.2) is 26.2 Å². The van der Waals surface area contributed by atoms with Gasteiger partial charge in [-0.2, -0.15) is 0 Å². The highest BCUT2D eigenvalue weighted by atomic mass is 16.5. The maximum absolute atomic E-state index is 12.1. The summed E-state index contributed by atoms with van der Waals surface area (Å²) < 4.78 is 15.2. The van der Waals surface area contributed by atoms with Crippen molar-refractivity contribution in [1.29, 1.82) is 0 Å². The van der Waals surface area contributed by atoms with Crippen molar-refractivity contribution in [2.75, 3.05) is 14.2 Å². The Labute approximate surface area is 111 Å². The van der Waals surface area contributed by atoms with E-state index in [4.69, 9.17) is 14.2 Å². The van der Waals surface area contributed by atoms with Crippen molar-refractivity contribution in [1.82, 2.24) is 0 Å². The maximum Gasteiger partial charge on any atom is 0.337 e. The summed E-state index contributed by atoms with van der Waals surface area (Å²) in [5, 5.41) is 0. The molecule has 0 N–H and O–H groups in total. The number of rotatable bonds is 2. The van der Waals surface area contributed by atoms with Crippen molar-refractivity contribution in [2.45, 2.75) is 25.7 Å². The minimum Gasteiger partial charge on any atom is -0.468 e. The third-order valence-electron chi connectivity index (χ3n) is 3.63. The molecule has 0 radical (unpaired) electrons. The van der Waals surface area contributed by atoms with E-state index in [1.807, 2.05) is 0 Å². The van der Waals surface area contributed by atoms with E-state index in [-0.39, 0.29) is 0 Å². The molecule has 2 rings (SSSR count). The van der Waals surface area contributed by atoms with Crippen LogP contribution in [0.2, 0.25) is 0 Å². The van der Waals surface area contributed by atoms with Gasteiger partial charge in [0.1, 0.15) is 16.9 Å². The zero-order valence-electron chi connectivity index (χ0n) is 11.1. The Morgan fingerprint density at radius 2 is 2.11 bits per heavy atom. The normalized spacial score (nSPS) is 25.3. The van der Waals surface area contributed by atoms with Crippen molar-refractivity contribution >= 4 is 11.9 Å². The summed E-state index contributed by atoms with van der Waals surface area (Å²) in [5.74, 6) is -0.0468. The first-order valence-corrected chi connectivity index (χ1v) is 6.06. The van der Waals surface area contributed by atoms with Crippen LogP contribution >= 0.6 is 0 Å². The topological polar surface area (TPSA) is 61.8 Å². The summed E-state index contributed by atoms with van der Waals surface area (Å²) in [6.45, 7) is 3.53. The van der Waals surface area contributed by atoms with E-state index in [0.717, 1.165) is 0 Å². The lowest BCUT2D eigenvalue weighted by Gasteiger charge is -2.30.